The van der Waals surface area contributed by atoms with E-state index in [0.717, 1.165) is 25.3 Å². The summed E-state index contributed by atoms with van der Waals surface area (Å²) in [5, 5.41) is 3.39. The largest absolute Gasteiger partial charge is 0.312 e. The Morgan fingerprint density at radius 2 is 2.53 bits per heavy atom. The third kappa shape index (κ3) is 2.39. The fourth-order valence-corrected chi connectivity index (χ4v) is 2.33. The van der Waals surface area contributed by atoms with Crippen molar-refractivity contribution in [3.8, 4) is 0 Å². The first-order valence-electron chi connectivity index (χ1n) is 5.14. The fraction of sp³-hybridized carbons (Fsp3) is 0.600. The van der Waals surface area contributed by atoms with E-state index in [1.54, 1.807) is 10.8 Å². The number of hydrogen-bond acceptors (Lipinski definition) is 3. The van der Waals surface area contributed by atoms with E-state index in [9.17, 15) is 4.79 Å². The van der Waals surface area contributed by atoms with E-state index in [4.69, 9.17) is 0 Å². The summed E-state index contributed by atoms with van der Waals surface area (Å²) in [5.74, 6) is 0.800. The van der Waals surface area contributed by atoms with E-state index in [1.165, 1.54) is 6.42 Å². The van der Waals surface area contributed by atoms with Gasteiger partial charge in [-0.15, -0.1) is 0 Å². The van der Waals surface area contributed by atoms with Gasteiger partial charge >= 0.3 is 0 Å². The van der Waals surface area contributed by atoms with Crippen LogP contribution >= 0.6 is 22.6 Å². The molecule has 1 aliphatic heterocycles. The molecule has 1 aliphatic rings. The molecule has 5 heteroatoms. The van der Waals surface area contributed by atoms with Crippen LogP contribution in [0.15, 0.2) is 11.0 Å². The molecule has 0 aliphatic carbocycles. The third-order valence-electron chi connectivity index (χ3n) is 2.77. The molecule has 4 nitrogen and oxygen atoms in total. The Morgan fingerprint density at radius 1 is 1.73 bits per heavy atom. The van der Waals surface area contributed by atoms with Crippen molar-refractivity contribution in [2.24, 2.45) is 0 Å². The van der Waals surface area contributed by atoms with Crippen molar-refractivity contribution < 1.29 is 0 Å². The minimum Gasteiger partial charge on any atom is -0.312 e. The molecule has 0 saturated carbocycles. The molecular weight excluding hydrogens is 305 g/mol. The first-order chi connectivity index (χ1) is 7.18. The van der Waals surface area contributed by atoms with E-state index < -0.39 is 0 Å². The summed E-state index contributed by atoms with van der Waals surface area (Å²) in [7, 11) is 0. The zero-order valence-corrected chi connectivity index (χ0v) is 10.8. The van der Waals surface area contributed by atoms with Gasteiger partial charge in [-0.2, -0.15) is 0 Å². The molecule has 1 aromatic rings. The second-order valence-corrected chi connectivity index (χ2v) is 5.02. The molecule has 1 saturated heterocycles. The van der Waals surface area contributed by atoms with Gasteiger partial charge in [-0.25, -0.2) is 4.98 Å². The molecule has 82 valence electrons. The highest BCUT2D eigenvalue weighted by molar-refractivity contribution is 14.1. The predicted molar refractivity (Wildman–Crippen MR) is 67.0 cm³/mol. The summed E-state index contributed by atoms with van der Waals surface area (Å²) in [6, 6.07) is 0.432. The van der Waals surface area contributed by atoms with Gasteiger partial charge in [0.15, 0.2) is 0 Å². The fourth-order valence-electron chi connectivity index (χ4n) is 1.90. The van der Waals surface area contributed by atoms with Crippen LogP contribution in [0.3, 0.4) is 0 Å². The lowest BCUT2D eigenvalue weighted by Crippen LogP contribution is -2.34. The SMILES string of the molecule is Cc1ncc(I)c(=O)n1C[C@H]1CCCN1. The van der Waals surface area contributed by atoms with E-state index in [-0.39, 0.29) is 5.56 Å². The molecule has 2 heterocycles. The van der Waals surface area contributed by atoms with Crippen LogP contribution in [0, 0.1) is 10.5 Å². The minimum absolute atomic E-state index is 0.0804. The maximum atomic E-state index is 11.9. The molecule has 1 aromatic heterocycles. The Hall–Kier alpha value is -0.430. The van der Waals surface area contributed by atoms with Crippen molar-refractivity contribution in [3.63, 3.8) is 0 Å². The van der Waals surface area contributed by atoms with Crippen LogP contribution in [-0.2, 0) is 6.54 Å². The zero-order valence-electron chi connectivity index (χ0n) is 8.66. The van der Waals surface area contributed by atoms with E-state index in [2.05, 4.69) is 10.3 Å². The highest BCUT2D eigenvalue weighted by Gasteiger charge is 2.16. The third-order valence-corrected chi connectivity index (χ3v) is 3.51. The van der Waals surface area contributed by atoms with E-state index in [0.29, 0.717) is 9.61 Å². The lowest BCUT2D eigenvalue weighted by Gasteiger charge is -2.14. The highest BCUT2D eigenvalue weighted by atomic mass is 127. The van der Waals surface area contributed by atoms with E-state index in [1.807, 2.05) is 29.5 Å². The molecule has 1 N–H and O–H groups in total. The summed E-state index contributed by atoms with van der Waals surface area (Å²) in [6.07, 6.45) is 3.99. The number of hydrogen-bond donors (Lipinski definition) is 1. The summed E-state index contributed by atoms with van der Waals surface area (Å²) >= 11 is 2.04. The Kier molecular flexibility index (Phi) is 3.40. The normalized spacial score (nSPS) is 20.8. The molecular formula is C10H14IN3O. The van der Waals surface area contributed by atoms with Gasteiger partial charge in [0.1, 0.15) is 5.82 Å². The minimum atomic E-state index is 0.0804. The molecule has 1 fully saturated rings. The number of nitrogens with one attached hydrogen (secondary N) is 1. The number of rotatable bonds is 2. The molecule has 0 aromatic carbocycles. The van der Waals surface area contributed by atoms with Gasteiger partial charge in [-0.3, -0.25) is 9.36 Å². The molecule has 15 heavy (non-hydrogen) atoms. The van der Waals surface area contributed by atoms with Crippen molar-refractivity contribution >= 4 is 22.6 Å². The second kappa shape index (κ2) is 4.61. The van der Waals surface area contributed by atoms with Crippen LogP contribution in [0.1, 0.15) is 18.7 Å². The van der Waals surface area contributed by atoms with Crippen LogP contribution in [0.4, 0.5) is 0 Å². The molecule has 0 amide bonds. The molecule has 0 radical (unpaired) electrons. The molecule has 0 unspecified atom stereocenters. The van der Waals surface area contributed by atoms with Crippen molar-refractivity contribution in [1.82, 2.24) is 14.9 Å². The van der Waals surface area contributed by atoms with Gasteiger partial charge in [0, 0.05) is 18.8 Å². The van der Waals surface area contributed by atoms with Gasteiger partial charge < -0.3 is 5.32 Å². The van der Waals surface area contributed by atoms with E-state index >= 15 is 0 Å². The van der Waals surface area contributed by atoms with Gasteiger partial charge in [0.2, 0.25) is 0 Å². The summed E-state index contributed by atoms with van der Waals surface area (Å²) < 4.78 is 2.46. The van der Waals surface area contributed by atoms with Crippen molar-refractivity contribution in [3.05, 3.63) is 25.9 Å². The number of nitrogens with zero attached hydrogens (tertiary/aromatic N) is 2. The zero-order chi connectivity index (χ0) is 10.8. The lowest BCUT2D eigenvalue weighted by molar-refractivity contribution is 0.484. The Morgan fingerprint density at radius 3 is 3.20 bits per heavy atom. The van der Waals surface area contributed by atoms with Crippen molar-refractivity contribution in [1.29, 1.82) is 0 Å². The number of aryl methyl sites for hydroxylation is 1. The second-order valence-electron chi connectivity index (χ2n) is 3.86. The van der Waals surface area contributed by atoms with Gasteiger partial charge in [0.25, 0.3) is 5.56 Å². The van der Waals surface area contributed by atoms with Crippen LogP contribution in [0.25, 0.3) is 0 Å². The first-order valence-corrected chi connectivity index (χ1v) is 6.21. The molecule has 0 spiro atoms. The smallest absolute Gasteiger partial charge is 0.266 e. The Labute approximate surface area is 102 Å². The topological polar surface area (TPSA) is 46.9 Å². The average Bonchev–Trinajstić information content (AvgIpc) is 2.71. The van der Waals surface area contributed by atoms with Crippen molar-refractivity contribution in [2.75, 3.05) is 6.54 Å². The standard InChI is InChI=1S/C10H14IN3O/c1-7-13-5-9(11)10(15)14(7)6-8-3-2-4-12-8/h5,8,12H,2-4,6H2,1H3/t8-/m1/s1. The quantitative estimate of drug-likeness (QED) is 0.824. The maximum absolute atomic E-state index is 11.9. The summed E-state index contributed by atoms with van der Waals surface area (Å²) in [6.45, 7) is 3.69. The van der Waals surface area contributed by atoms with Gasteiger partial charge in [0.05, 0.1) is 3.57 Å². The number of aromatic nitrogens is 2. The lowest BCUT2D eigenvalue weighted by atomic mass is 10.2. The predicted octanol–water partition coefficient (Wildman–Crippen LogP) is 0.908. The Balaban J connectivity index is 2.26. The average molecular weight is 319 g/mol. The molecule has 1 atom stereocenters. The van der Waals surface area contributed by atoms with Crippen LogP contribution in [0.5, 0.6) is 0 Å². The Bertz CT molecular complexity index is 410. The maximum Gasteiger partial charge on any atom is 0.266 e. The van der Waals surface area contributed by atoms with Crippen LogP contribution < -0.4 is 10.9 Å². The monoisotopic (exact) mass is 319 g/mol. The number of halogens is 1. The highest BCUT2D eigenvalue weighted by Crippen LogP contribution is 2.07. The van der Waals surface area contributed by atoms with Gasteiger partial charge in [-0.1, -0.05) is 0 Å². The summed E-state index contributed by atoms with van der Waals surface area (Å²) in [4.78, 5) is 16.1. The molecule has 2 rings (SSSR count). The van der Waals surface area contributed by atoms with Gasteiger partial charge in [-0.05, 0) is 48.9 Å². The van der Waals surface area contributed by atoms with Crippen LogP contribution in [0.2, 0.25) is 0 Å². The van der Waals surface area contributed by atoms with Crippen molar-refractivity contribution in [2.45, 2.75) is 32.4 Å². The first kappa shape index (κ1) is 11.1. The molecule has 0 bridgehead atoms. The van der Waals surface area contributed by atoms with Crippen LogP contribution in [-0.4, -0.2) is 22.1 Å². The summed E-state index contributed by atoms with van der Waals surface area (Å²) in [5.41, 5.74) is 0.0804.